The van der Waals surface area contributed by atoms with Gasteiger partial charge in [0.25, 0.3) is 0 Å². The smallest absolute Gasteiger partial charge is 0.852 e. The Kier molecular flexibility index (Phi) is 29.8. The number of carboxylic acids is 2. The Balaban J connectivity index is -0.0000000772. The summed E-state index contributed by atoms with van der Waals surface area (Å²) in [5.74, 6) is -2.82. The topological polar surface area (TPSA) is 147 Å². The molecule has 0 atom stereocenters. The number of rotatable bonds is 4. The predicted molar refractivity (Wildman–Crippen MR) is 81.1 cm³/mol. The number of carbonyl (C=O) groups is 2. The fourth-order valence-electron chi connectivity index (χ4n) is 0.928. The second-order valence-electron chi connectivity index (χ2n) is 5.53. The summed E-state index contributed by atoms with van der Waals surface area (Å²) in [5.41, 5.74) is -1.69. The van der Waals surface area contributed by atoms with E-state index in [1.54, 1.807) is 41.5 Å². The molecule has 1 N–H and O–H groups in total. The maximum atomic E-state index is 10.5. The number of aliphatic carboxylic acids is 2. The van der Waals surface area contributed by atoms with Gasteiger partial charge in [0.15, 0.2) is 0 Å². The Bertz CT molecular complexity index is 250. The van der Waals surface area contributed by atoms with E-state index in [2.05, 4.69) is 0 Å². The van der Waals surface area contributed by atoms with E-state index >= 15 is 0 Å². The molecule has 0 aromatic rings. The fraction of sp³-hybridized carbons (Fsp3) is 0.875. The molecule has 0 aliphatic carbocycles. The molecule has 0 aliphatic heterocycles. The molecule has 0 heterocycles. The zero-order valence-corrected chi connectivity index (χ0v) is 17.6. The third kappa shape index (κ3) is 29.5. The van der Waals surface area contributed by atoms with Crippen molar-refractivity contribution in [3.05, 3.63) is 0 Å². The Labute approximate surface area is 161 Å². The van der Waals surface area contributed by atoms with Crippen LogP contribution in [0.3, 0.4) is 0 Å². The molecular formula is C16H32O7Ti. The zero-order chi connectivity index (χ0) is 19.8. The Morgan fingerprint density at radius 3 is 1.00 bits per heavy atom. The van der Waals surface area contributed by atoms with Crippen LogP contribution in [0.4, 0.5) is 0 Å². The largest absolute Gasteiger partial charge is 4.00 e. The molecule has 0 fully saturated rings. The van der Waals surface area contributed by atoms with Gasteiger partial charge in [-0.2, -0.15) is 0 Å². The van der Waals surface area contributed by atoms with Crippen molar-refractivity contribution >= 4 is 11.9 Å². The molecule has 0 saturated carbocycles. The maximum Gasteiger partial charge on any atom is 4.00 e. The number of hydrogen-bond donors (Lipinski definition) is 1. The molecule has 0 spiro atoms. The summed E-state index contributed by atoms with van der Waals surface area (Å²) in [7, 11) is 0. The van der Waals surface area contributed by atoms with E-state index in [1.165, 1.54) is 13.8 Å². The molecule has 8 heteroatoms. The van der Waals surface area contributed by atoms with Crippen LogP contribution in [0, 0.1) is 5.41 Å². The van der Waals surface area contributed by atoms with Crippen molar-refractivity contribution in [3.8, 4) is 0 Å². The van der Waals surface area contributed by atoms with Gasteiger partial charge < -0.3 is 30.3 Å². The first-order valence-corrected chi connectivity index (χ1v) is 7.63. The first kappa shape index (κ1) is 34.8. The van der Waals surface area contributed by atoms with Crippen molar-refractivity contribution in [3.63, 3.8) is 0 Å². The van der Waals surface area contributed by atoms with Crippen LogP contribution in [-0.2, 0) is 31.3 Å². The first-order chi connectivity index (χ1) is 10.2. The van der Waals surface area contributed by atoms with Crippen LogP contribution in [0.2, 0.25) is 0 Å². The average Bonchev–Trinajstić information content (AvgIpc) is 2.27. The van der Waals surface area contributed by atoms with Crippen LogP contribution in [0.25, 0.3) is 0 Å². The maximum absolute atomic E-state index is 10.5. The molecule has 0 aromatic carbocycles. The molecule has 0 rings (SSSR count). The third-order valence-corrected chi connectivity index (χ3v) is 2.01. The zero-order valence-electron chi connectivity index (χ0n) is 16.0. The first-order valence-electron chi connectivity index (χ1n) is 7.63. The van der Waals surface area contributed by atoms with Gasteiger partial charge in [-0.25, -0.2) is 0 Å². The van der Waals surface area contributed by atoms with E-state index in [0.29, 0.717) is 0 Å². The molecule has 0 radical (unpaired) electrons. The minimum absolute atomic E-state index is 0. The summed E-state index contributed by atoms with van der Waals surface area (Å²) in [6, 6.07) is 0. The van der Waals surface area contributed by atoms with Crippen molar-refractivity contribution < 1.29 is 56.8 Å². The molecule has 0 bridgehead atoms. The Hall–Kier alpha value is -0.466. The molecule has 0 unspecified atom stereocenters. The molecule has 0 saturated heterocycles. The van der Waals surface area contributed by atoms with E-state index in [9.17, 15) is 30.0 Å². The standard InChI is InChI=1S/C7H12O4.3C3H7O.Ti/c1-3-7(4-2,5(8)9)6(10)11;3*1-3(2)4;/h3-4H2,1-2H3,(H,8,9)(H,10,11);3*3H,1-2H3;/q;3*-1;+4/p-1. The van der Waals surface area contributed by atoms with E-state index in [0.717, 1.165) is 0 Å². The van der Waals surface area contributed by atoms with Crippen molar-refractivity contribution in [2.24, 2.45) is 5.41 Å². The van der Waals surface area contributed by atoms with Crippen LogP contribution >= 0.6 is 0 Å². The van der Waals surface area contributed by atoms with E-state index in [-0.39, 0.29) is 34.6 Å². The van der Waals surface area contributed by atoms with Gasteiger partial charge in [0.05, 0.1) is 5.97 Å². The Morgan fingerprint density at radius 2 is 1.00 bits per heavy atom. The van der Waals surface area contributed by atoms with Gasteiger partial charge in [-0.3, -0.25) is 4.79 Å². The minimum Gasteiger partial charge on any atom is -0.852 e. The van der Waals surface area contributed by atoms with Crippen molar-refractivity contribution in [2.45, 2.75) is 86.5 Å². The molecule has 142 valence electrons. The summed E-state index contributed by atoms with van der Waals surface area (Å²) >= 11 is 0. The average molecular weight is 384 g/mol. The van der Waals surface area contributed by atoms with E-state index in [4.69, 9.17) is 5.11 Å². The summed E-state index contributed by atoms with van der Waals surface area (Å²) < 4.78 is 0. The molecule has 24 heavy (non-hydrogen) atoms. The van der Waals surface area contributed by atoms with Gasteiger partial charge >= 0.3 is 27.7 Å². The summed E-state index contributed by atoms with van der Waals surface area (Å²) in [6.07, 6.45) is -1.14. The van der Waals surface area contributed by atoms with Crippen molar-refractivity contribution in [1.82, 2.24) is 0 Å². The monoisotopic (exact) mass is 384 g/mol. The van der Waals surface area contributed by atoms with E-state index < -0.39 is 35.7 Å². The molecule has 0 aromatic heterocycles. The summed E-state index contributed by atoms with van der Waals surface area (Å²) in [4.78, 5) is 20.9. The summed E-state index contributed by atoms with van der Waals surface area (Å²) in [5, 5.41) is 47.6. The minimum atomic E-state index is -1.69. The molecule has 0 aliphatic rings. The SMILES string of the molecule is CC(C)[O-].CC(C)[O-].CC(C)[O-].CCC(CC)(C(=O)[O-])C(=O)O.[Ti+4]. The second kappa shape index (κ2) is 20.6. The predicted octanol–water partition coefficient (Wildman–Crippen LogP) is -1.11. The number of carbonyl (C=O) groups excluding carboxylic acids is 1. The Morgan fingerprint density at radius 1 is 0.833 bits per heavy atom. The van der Waals surface area contributed by atoms with Gasteiger partial charge in [0.1, 0.15) is 5.41 Å². The number of carboxylic acid groups (broad SMARTS) is 2. The van der Waals surface area contributed by atoms with Gasteiger partial charge in [-0.1, -0.05) is 55.4 Å². The molecular weight excluding hydrogens is 352 g/mol. The van der Waals surface area contributed by atoms with Gasteiger partial charge in [-0.15, -0.1) is 18.3 Å². The van der Waals surface area contributed by atoms with Gasteiger partial charge in [0.2, 0.25) is 0 Å². The van der Waals surface area contributed by atoms with Gasteiger partial charge in [-0.05, 0) is 12.8 Å². The summed E-state index contributed by atoms with van der Waals surface area (Å²) in [6.45, 7) is 12.7. The quantitative estimate of drug-likeness (QED) is 0.477. The van der Waals surface area contributed by atoms with E-state index in [1.807, 2.05) is 0 Å². The second-order valence-corrected chi connectivity index (χ2v) is 5.53. The van der Waals surface area contributed by atoms with Crippen LogP contribution in [0.1, 0.15) is 68.2 Å². The van der Waals surface area contributed by atoms with Crippen LogP contribution in [-0.4, -0.2) is 35.4 Å². The number of hydrogen-bond acceptors (Lipinski definition) is 6. The van der Waals surface area contributed by atoms with Crippen molar-refractivity contribution in [1.29, 1.82) is 0 Å². The van der Waals surface area contributed by atoms with Crippen LogP contribution < -0.4 is 20.4 Å². The van der Waals surface area contributed by atoms with Crippen LogP contribution in [0.5, 0.6) is 0 Å². The van der Waals surface area contributed by atoms with Crippen molar-refractivity contribution in [2.75, 3.05) is 0 Å². The molecule has 0 amide bonds. The van der Waals surface area contributed by atoms with Crippen LogP contribution in [0.15, 0.2) is 0 Å². The third-order valence-electron chi connectivity index (χ3n) is 2.01. The fourth-order valence-corrected chi connectivity index (χ4v) is 0.928. The molecule has 7 nitrogen and oxygen atoms in total. The normalized spacial score (nSPS) is 9.58. The van der Waals surface area contributed by atoms with Gasteiger partial charge in [0, 0.05) is 0 Å².